The molecule has 0 saturated heterocycles. The Morgan fingerprint density at radius 1 is 1.00 bits per heavy atom. The van der Waals surface area contributed by atoms with Crippen molar-refractivity contribution in [2.45, 2.75) is 12.8 Å². The van der Waals surface area contributed by atoms with E-state index in [1.165, 1.54) is 43.9 Å². The van der Waals surface area contributed by atoms with E-state index in [1.807, 2.05) is 0 Å². The molecule has 2 aromatic heterocycles. The number of halogens is 1. The van der Waals surface area contributed by atoms with Gasteiger partial charge in [0.25, 0.3) is 0 Å². The van der Waals surface area contributed by atoms with Gasteiger partial charge in [-0.15, -0.1) is 11.3 Å². The zero-order valence-corrected chi connectivity index (χ0v) is 18.2. The molecule has 0 radical (unpaired) electrons. The maximum absolute atomic E-state index is 14.0. The van der Waals surface area contributed by atoms with Crippen molar-refractivity contribution < 1.29 is 23.5 Å². The van der Waals surface area contributed by atoms with Crippen molar-refractivity contribution in [3.8, 4) is 22.9 Å². The van der Waals surface area contributed by atoms with Crippen molar-refractivity contribution in [1.29, 1.82) is 0 Å². The minimum absolute atomic E-state index is 0.00262. The molecule has 0 fully saturated rings. The molecule has 162 valence electrons. The van der Waals surface area contributed by atoms with Crippen LogP contribution in [0.3, 0.4) is 0 Å². The topological polar surface area (TPSA) is 78.4 Å². The molecule has 0 aliphatic carbocycles. The molecule has 4 aromatic rings. The summed E-state index contributed by atoms with van der Waals surface area (Å²) in [6.45, 7) is 0. The summed E-state index contributed by atoms with van der Waals surface area (Å²) in [6, 6.07) is 11.2. The van der Waals surface area contributed by atoms with Crippen molar-refractivity contribution in [3.05, 3.63) is 71.1 Å². The summed E-state index contributed by atoms with van der Waals surface area (Å²) in [5.74, 6) is 0.554. The van der Waals surface area contributed by atoms with Crippen LogP contribution in [0.4, 0.5) is 4.39 Å². The average molecular weight is 450 g/mol. The fourth-order valence-electron chi connectivity index (χ4n) is 3.35. The van der Waals surface area contributed by atoms with Crippen molar-refractivity contribution in [1.82, 2.24) is 9.97 Å². The number of fused-ring (bicyclic) bond motifs is 1. The molecular weight excluding hydrogens is 431 g/mol. The number of rotatable bonds is 8. The first-order valence-electron chi connectivity index (χ1n) is 9.79. The first-order valence-corrected chi connectivity index (χ1v) is 10.7. The van der Waals surface area contributed by atoms with Crippen LogP contribution in [-0.4, -0.2) is 35.8 Å². The van der Waals surface area contributed by atoms with E-state index in [4.69, 9.17) is 9.47 Å². The molecular formula is C24H19FN2O4S. The van der Waals surface area contributed by atoms with Gasteiger partial charge in [-0.1, -0.05) is 12.1 Å². The first kappa shape index (κ1) is 21.6. The number of ketones is 2. The average Bonchev–Trinajstić information content (AvgIpc) is 3.27. The number of Topliss-reactive ketones (excluding diaryl/α,β-unsaturated/α-hetero) is 2. The highest BCUT2D eigenvalue weighted by molar-refractivity contribution is 7.17. The smallest absolute Gasteiger partial charge is 0.181 e. The van der Waals surface area contributed by atoms with Crippen LogP contribution in [0.2, 0.25) is 0 Å². The van der Waals surface area contributed by atoms with Crippen LogP contribution in [0.5, 0.6) is 11.5 Å². The van der Waals surface area contributed by atoms with Crippen LogP contribution in [-0.2, 0) is 0 Å². The molecule has 0 atom stereocenters. The van der Waals surface area contributed by atoms with Gasteiger partial charge in [0.05, 0.1) is 18.9 Å². The molecule has 8 heteroatoms. The van der Waals surface area contributed by atoms with Gasteiger partial charge in [-0.05, 0) is 30.3 Å². The molecule has 0 spiro atoms. The molecule has 0 N–H and O–H groups in total. The third-order valence-electron chi connectivity index (χ3n) is 5.02. The highest BCUT2D eigenvalue weighted by Crippen LogP contribution is 2.33. The minimum Gasteiger partial charge on any atom is -0.493 e. The van der Waals surface area contributed by atoms with E-state index in [1.54, 1.807) is 35.7 Å². The van der Waals surface area contributed by atoms with Gasteiger partial charge in [0.1, 0.15) is 11.5 Å². The zero-order chi connectivity index (χ0) is 22.7. The first-order chi connectivity index (χ1) is 15.5. The Labute approximate surface area is 187 Å². The van der Waals surface area contributed by atoms with Gasteiger partial charge in [-0.2, -0.15) is 0 Å². The minimum atomic E-state index is -0.306. The number of nitrogens with zero attached hydrogens (tertiary/aromatic N) is 2. The van der Waals surface area contributed by atoms with Crippen LogP contribution < -0.4 is 9.47 Å². The molecule has 2 aromatic carbocycles. The Bertz CT molecular complexity index is 1320. The van der Waals surface area contributed by atoms with Gasteiger partial charge in [-0.25, -0.2) is 14.4 Å². The van der Waals surface area contributed by atoms with Crippen LogP contribution in [0.25, 0.3) is 21.5 Å². The van der Waals surface area contributed by atoms with Gasteiger partial charge in [0, 0.05) is 40.9 Å². The van der Waals surface area contributed by atoms with Gasteiger partial charge in [-0.3, -0.25) is 9.59 Å². The van der Waals surface area contributed by atoms with Crippen LogP contribution in [0.15, 0.2) is 54.0 Å². The van der Waals surface area contributed by atoms with E-state index in [-0.39, 0.29) is 35.9 Å². The second-order valence-electron chi connectivity index (χ2n) is 6.95. The number of ether oxygens (including phenoxy) is 2. The summed E-state index contributed by atoms with van der Waals surface area (Å²) in [4.78, 5) is 33.9. The van der Waals surface area contributed by atoms with Crippen LogP contribution in [0.1, 0.15) is 33.7 Å². The molecule has 32 heavy (non-hydrogen) atoms. The van der Waals surface area contributed by atoms with E-state index in [9.17, 15) is 14.0 Å². The van der Waals surface area contributed by atoms with E-state index < -0.39 is 0 Å². The molecule has 0 bridgehead atoms. The number of carbonyl (C=O) groups excluding carboxylic acids is 2. The lowest BCUT2D eigenvalue weighted by Crippen LogP contribution is -2.08. The number of methoxy groups -OCH3 is 2. The van der Waals surface area contributed by atoms with Gasteiger partial charge >= 0.3 is 0 Å². The second kappa shape index (κ2) is 9.23. The van der Waals surface area contributed by atoms with E-state index in [2.05, 4.69) is 9.97 Å². The number of hydrogen-bond donors (Lipinski definition) is 0. The molecule has 2 heterocycles. The zero-order valence-electron chi connectivity index (χ0n) is 17.4. The van der Waals surface area contributed by atoms with Crippen molar-refractivity contribution in [2.75, 3.05) is 14.2 Å². The fraction of sp³-hybridized carbons (Fsp3) is 0.167. The Kier molecular flexibility index (Phi) is 6.23. The number of benzene rings is 2. The van der Waals surface area contributed by atoms with E-state index >= 15 is 0 Å². The Morgan fingerprint density at radius 3 is 2.56 bits per heavy atom. The SMILES string of the molecule is COc1ccc(C(=O)CCC(=O)c2ccnc(-c3csc4c(F)cccc34)n2)cc1OC. The molecule has 0 aliphatic rings. The largest absolute Gasteiger partial charge is 0.493 e. The standard InChI is InChI=1S/C24H19FN2O4S/c1-30-21-9-6-14(12-22(21)31-2)19(28)7-8-20(29)18-10-11-26-24(27-18)16-13-32-23-15(16)4-3-5-17(23)25/h3-6,9-13H,7-8H2,1-2H3. The lowest BCUT2D eigenvalue weighted by Gasteiger charge is -2.09. The van der Waals surface area contributed by atoms with Gasteiger partial charge in [0.15, 0.2) is 28.9 Å². The van der Waals surface area contributed by atoms with Gasteiger partial charge < -0.3 is 9.47 Å². The maximum Gasteiger partial charge on any atom is 0.181 e. The molecule has 0 unspecified atom stereocenters. The highest BCUT2D eigenvalue weighted by Gasteiger charge is 2.17. The Morgan fingerprint density at radius 2 is 1.78 bits per heavy atom. The number of thiophene rings is 1. The summed E-state index contributed by atoms with van der Waals surface area (Å²) < 4.78 is 24.9. The lowest BCUT2D eigenvalue weighted by molar-refractivity contribution is 0.0915. The number of aromatic nitrogens is 2. The predicted molar refractivity (Wildman–Crippen MR) is 120 cm³/mol. The summed E-state index contributed by atoms with van der Waals surface area (Å²) in [5, 5.41) is 2.47. The third kappa shape index (κ3) is 4.22. The normalized spacial score (nSPS) is 10.8. The lowest BCUT2D eigenvalue weighted by atomic mass is 10.0. The summed E-state index contributed by atoms with van der Waals surface area (Å²) >= 11 is 1.26. The van der Waals surface area contributed by atoms with E-state index in [0.29, 0.717) is 38.5 Å². The number of carbonyl (C=O) groups is 2. The summed E-state index contributed by atoms with van der Waals surface area (Å²) in [5.41, 5.74) is 1.32. The molecule has 0 saturated carbocycles. The molecule has 4 rings (SSSR count). The van der Waals surface area contributed by atoms with E-state index in [0.717, 1.165) is 0 Å². The predicted octanol–water partition coefficient (Wildman–Crippen LogP) is 5.36. The third-order valence-corrected chi connectivity index (χ3v) is 6.02. The Balaban J connectivity index is 1.50. The number of hydrogen-bond acceptors (Lipinski definition) is 7. The maximum atomic E-state index is 14.0. The Hall–Kier alpha value is -3.65. The molecule has 0 amide bonds. The monoisotopic (exact) mass is 450 g/mol. The fourth-order valence-corrected chi connectivity index (χ4v) is 4.30. The van der Waals surface area contributed by atoms with Crippen molar-refractivity contribution >= 4 is 33.0 Å². The van der Waals surface area contributed by atoms with Crippen molar-refractivity contribution in [2.24, 2.45) is 0 Å². The molecule has 6 nitrogen and oxygen atoms in total. The second-order valence-corrected chi connectivity index (χ2v) is 7.83. The van der Waals surface area contributed by atoms with Gasteiger partial charge in [0.2, 0.25) is 0 Å². The summed E-state index contributed by atoms with van der Waals surface area (Å²) in [6.07, 6.45) is 1.53. The van der Waals surface area contributed by atoms with Crippen molar-refractivity contribution in [3.63, 3.8) is 0 Å². The summed E-state index contributed by atoms with van der Waals surface area (Å²) in [7, 11) is 3.01. The highest BCUT2D eigenvalue weighted by atomic mass is 32.1. The quantitative estimate of drug-likeness (QED) is 0.336. The van der Waals surface area contributed by atoms with Crippen LogP contribution in [0, 0.1) is 5.82 Å². The van der Waals surface area contributed by atoms with Crippen LogP contribution >= 0.6 is 11.3 Å². The molecule has 0 aliphatic heterocycles.